The van der Waals surface area contributed by atoms with Gasteiger partial charge < -0.3 is 42.8 Å². The Hall–Kier alpha value is -7.67. The molecule has 0 aliphatic heterocycles. The molecule has 0 saturated carbocycles. The van der Waals surface area contributed by atoms with Gasteiger partial charge in [-0.1, -0.05) is 63.8 Å². The minimum Gasteiger partial charge on any atom is -0.867 e. The van der Waals surface area contributed by atoms with Gasteiger partial charge in [-0.15, -0.1) is 0 Å². The van der Waals surface area contributed by atoms with Crippen molar-refractivity contribution in [1.29, 1.82) is 0 Å². The lowest BCUT2D eigenvalue weighted by Gasteiger charge is -2.09. The van der Waals surface area contributed by atoms with Crippen LogP contribution in [0.25, 0.3) is 67.5 Å². The van der Waals surface area contributed by atoms with Gasteiger partial charge in [0, 0.05) is 11.1 Å². The predicted octanol–water partition coefficient (Wildman–Crippen LogP) is 14.0. The van der Waals surface area contributed by atoms with Crippen LogP contribution in [-0.4, -0.2) is 49.0 Å². The molecular formula is C60H62BFO10. The lowest BCUT2D eigenvalue weighted by atomic mass is 10.0. The van der Waals surface area contributed by atoms with Crippen LogP contribution in [0.2, 0.25) is 0 Å². The molecule has 12 heteroatoms. The van der Waals surface area contributed by atoms with Gasteiger partial charge in [-0.05, 0) is 145 Å². The largest absolute Gasteiger partial charge is 0.867 e. The van der Waals surface area contributed by atoms with Gasteiger partial charge >= 0.3 is 23.0 Å². The fourth-order valence-corrected chi connectivity index (χ4v) is 7.50. The zero-order chi connectivity index (χ0) is 51.1. The van der Waals surface area contributed by atoms with E-state index < -0.39 is 7.40 Å². The van der Waals surface area contributed by atoms with Crippen molar-refractivity contribution in [2.45, 2.75) is 52.4 Å². The predicted molar refractivity (Wildman–Crippen MR) is 282 cm³/mol. The summed E-state index contributed by atoms with van der Waals surface area (Å²) in [6, 6.07) is 56.4. The normalized spacial score (nSPS) is 10.5. The van der Waals surface area contributed by atoms with Gasteiger partial charge in [-0.25, -0.2) is 8.83 Å². The van der Waals surface area contributed by atoms with Crippen LogP contribution in [0.1, 0.15) is 52.4 Å². The molecule has 0 aliphatic carbocycles. The molecule has 0 unspecified atom stereocenters. The van der Waals surface area contributed by atoms with Gasteiger partial charge in [0.15, 0.2) is 0 Å². The highest BCUT2D eigenvalue weighted by Gasteiger charge is 2.23. The van der Waals surface area contributed by atoms with E-state index in [1.807, 2.05) is 121 Å². The second kappa shape index (κ2) is 28.2. The Kier molecular flexibility index (Phi) is 21.1. The standard InChI is InChI=1S/2C30H31O4.BFO2/c2*1-4-5-6-19-33-28-17-7-22(8-18-28)25-20-29(23-9-13-26(31-2)14-10-23)34-30(21-25)24-11-15-27(32-3)16-12-24;2-1(3)4/h2*7-18,20-21H,4-6,19H2,1-3H3;/q2*+1;-2. The van der Waals surface area contributed by atoms with E-state index in [2.05, 4.69) is 62.4 Å². The van der Waals surface area contributed by atoms with E-state index in [-0.39, 0.29) is 0 Å². The van der Waals surface area contributed by atoms with Crippen LogP contribution in [0.15, 0.2) is 179 Å². The maximum atomic E-state index is 9.89. The first-order valence-electron chi connectivity index (χ1n) is 24.1. The fraction of sp³-hybridized carbons (Fsp3) is 0.233. The molecule has 8 rings (SSSR count). The molecule has 2 heterocycles. The molecule has 0 atom stereocenters. The summed E-state index contributed by atoms with van der Waals surface area (Å²) in [7, 11) is 3.50. The Labute approximate surface area is 423 Å². The summed E-state index contributed by atoms with van der Waals surface area (Å²) in [5, 5.41) is 16.6. The molecule has 0 aliphatic rings. The first-order valence-corrected chi connectivity index (χ1v) is 24.1. The number of benzene rings is 6. The van der Waals surface area contributed by atoms with Crippen molar-refractivity contribution in [3.05, 3.63) is 170 Å². The van der Waals surface area contributed by atoms with Crippen LogP contribution in [0, 0.1) is 0 Å². The lowest BCUT2D eigenvalue weighted by Crippen LogP contribution is -2.39. The summed E-state index contributed by atoms with van der Waals surface area (Å²) in [6.45, 7) is 5.89. The first kappa shape index (κ1) is 53.7. The molecule has 0 spiro atoms. The minimum absolute atomic E-state index is 0.751. The summed E-state index contributed by atoms with van der Waals surface area (Å²) in [4.78, 5) is 0. The molecule has 2 aromatic heterocycles. The van der Waals surface area contributed by atoms with Crippen molar-refractivity contribution in [3.63, 3.8) is 0 Å². The van der Waals surface area contributed by atoms with Crippen LogP contribution < -0.4 is 38.5 Å². The van der Waals surface area contributed by atoms with Crippen LogP contribution in [-0.2, 0) is 0 Å². The van der Waals surface area contributed by atoms with Gasteiger partial charge in [0.1, 0.15) is 41.9 Å². The van der Waals surface area contributed by atoms with Crippen LogP contribution in [0.5, 0.6) is 34.5 Å². The third kappa shape index (κ3) is 16.2. The second-order valence-corrected chi connectivity index (χ2v) is 16.5. The van der Waals surface area contributed by atoms with Crippen molar-refractivity contribution < 1.29 is 51.6 Å². The number of unbranched alkanes of at least 4 members (excludes halogenated alkanes) is 4. The van der Waals surface area contributed by atoms with E-state index in [9.17, 15) is 4.32 Å². The summed E-state index contributed by atoms with van der Waals surface area (Å²) in [5.41, 5.74) is 8.26. The maximum Gasteiger partial charge on any atom is 0.361 e. The second-order valence-electron chi connectivity index (χ2n) is 16.5. The molecule has 6 aromatic carbocycles. The number of hydrogen-bond donors (Lipinski definition) is 0. The fourth-order valence-electron chi connectivity index (χ4n) is 7.50. The summed E-state index contributed by atoms with van der Waals surface area (Å²) in [5.74, 6) is 8.16. The third-order valence-electron chi connectivity index (χ3n) is 11.5. The van der Waals surface area contributed by atoms with Gasteiger partial charge in [0.05, 0.1) is 88.2 Å². The van der Waals surface area contributed by atoms with E-state index in [0.29, 0.717) is 0 Å². The number of hydrogen-bond acceptors (Lipinski definition) is 8. The quantitative estimate of drug-likeness (QED) is 0.0414. The number of ether oxygens (including phenoxy) is 6. The van der Waals surface area contributed by atoms with Crippen LogP contribution >= 0.6 is 0 Å². The van der Waals surface area contributed by atoms with Crippen LogP contribution in [0.4, 0.5) is 4.32 Å². The molecule has 72 heavy (non-hydrogen) atoms. The SMILES string of the molecule is CCCCCOc1ccc(-c2cc(-c3ccc(OC)cc3)[o+]c(-c3ccc(OC)cc3)c2)cc1.CCCCCOc1ccc(-c2cc(-c3ccc(OC)cc3)[o+]c(-c3ccc(OC)cc3)c2)cc1.[O-]B([O-])F. The molecule has 8 aromatic rings. The van der Waals surface area contributed by atoms with Crippen molar-refractivity contribution in [3.8, 4) is 102 Å². The highest BCUT2D eigenvalue weighted by Crippen LogP contribution is 2.37. The third-order valence-corrected chi connectivity index (χ3v) is 11.5. The van der Waals surface area contributed by atoms with Crippen molar-refractivity contribution in [1.82, 2.24) is 0 Å². The van der Waals surface area contributed by atoms with E-state index >= 15 is 0 Å². The maximum absolute atomic E-state index is 9.89. The summed E-state index contributed by atoms with van der Waals surface area (Å²) < 4.78 is 55.6. The number of halogens is 1. The number of rotatable bonds is 20. The molecule has 0 radical (unpaired) electrons. The van der Waals surface area contributed by atoms with E-state index in [1.165, 1.54) is 25.7 Å². The highest BCUT2D eigenvalue weighted by molar-refractivity contribution is 6.27. The molecule has 0 saturated heterocycles. The summed E-state index contributed by atoms with van der Waals surface area (Å²) in [6.07, 6.45) is 6.91. The van der Waals surface area contributed by atoms with Crippen molar-refractivity contribution >= 4 is 7.40 Å². The van der Waals surface area contributed by atoms with Crippen molar-refractivity contribution in [2.24, 2.45) is 0 Å². The average Bonchev–Trinajstić information content (AvgIpc) is 3.43. The first-order chi connectivity index (χ1) is 35.1. The number of methoxy groups -OCH3 is 4. The smallest absolute Gasteiger partial charge is 0.361 e. The van der Waals surface area contributed by atoms with Crippen molar-refractivity contribution in [2.75, 3.05) is 41.7 Å². The Morgan fingerprint density at radius 2 is 0.569 bits per heavy atom. The molecule has 10 nitrogen and oxygen atoms in total. The zero-order valence-corrected chi connectivity index (χ0v) is 41.9. The van der Waals surface area contributed by atoms with Gasteiger partial charge in [-0.2, -0.15) is 0 Å². The van der Waals surface area contributed by atoms with E-state index in [4.69, 9.17) is 47.3 Å². The minimum atomic E-state index is -3.17. The molecule has 372 valence electrons. The average molecular weight is 973 g/mol. The van der Waals surface area contributed by atoms with E-state index in [1.54, 1.807) is 28.4 Å². The molecule has 0 bridgehead atoms. The van der Waals surface area contributed by atoms with Gasteiger partial charge in [-0.3, -0.25) is 0 Å². The molecule has 0 fully saturated rings. The highest BCUT2D eigenvalue weighted by atomic mass is 19.1. The van der Waals surface area contributed by atoms with Gasteiger partial charge in [0.2, 0.25) is 0 Å². The van der Waals surface area contributed by atoms with Crippen LogP contribution in [0.3, 0.4) is 0 Å². The van der Waals surface area contributed by atoms with E-state index in [0.717, 1.165) is 128 Å². The molecular weight excluding hydrogens is 910 g/mol. The Balaban J connectivity index is 0.000000219. The Morgan fingerprint density at radius 1 is 0.347 bits per heavy atom. The monoisotopic (exact) mass is 972 g/mol. The lowest BCUT2D eigenvalue weighted by molar-refractivity contribution is -0.366. The molecule has 0 N–H and O–H groups in total. The topological polar surface area (TPSA) is 124 Å². The zero-order valence-electron chi connectivity index (χ0n) is 41.9. The summed E-state index contributed by atoms with van der Waals surface area (Å²) >= 11 is 0. The molecule has 0 amide bonds. The Morgan fingerprint density at radius 3 is 0.792 bits per heavy atom. The van der Waals surface area contributed by atoms with Gasteiger partial charge in [0.25, 0.3) is 0 Å². The Bertz CT molecular complexity index is 2490.